The van der Waals surface area contributed by atoms with Gasteiger partial charge in [-0.3, -0.25) is 15.6 Å². The van der Waals surface area contributed by atoms with Gasteiger partial charge in [0.1, 0.15) is 5.15 Å². The lowest BCUT2D eigenvalue weighted by atomic mass is 10.2. The van der Waals surface area contributed by atoms with Crippen molar-refractivity contribution < 1.29 is 4.79 Å². The van der Waals surface area contributed by atoms with E-state index in [0.29, 0.717) is 11.3 Å². The number of nitriles is 1. The molecule has 1 heterocycles. The largest absolute Gasteiger partial charge is 0.298 e. The summed E-state index contributed by atoms with van der Waals surface area (Å²) in [6.45, 7) is 0. The molecule has 0 saturated carbocycles. The van der Waals surface area contributed by atoms with E-state index in [0.717, 1.165) is 0 Å². The highest BCUT2D eigenvalue weighted by Gasteiger charge is 2.11. The number of halogens is 2. The minimum atomic E-state index is -0.457. The van der Waals surface area contributed by atoms with Crippen LogP contribution in [0.5, 0.6) is 0 Å². The molecule has 0 aliphatic heterocycles. The molecule has 0 radical (unpaired) electrons. The van der Waals surface area contributed by atoms with Gasteiger partial charge in [0.15, 0.2) is 0 Å². The first-order valence-corrected chi connectivity index (χ1v) is 6.23. The average Bonchev–Trinajstić information content (AvgIpc) is 2.45. The third-order valence-electron chi connectivity index (χ3n) is 2.38. The zero-order valence-corrected chi connectivity index (χ0v) is 11.5. The molecule has 1 aromatic heterocycles. The molecule has 2 rings (SSSR count). The smallest absolute Gasteiger partial charge is 0.272 e. The van der Waals surface area contributed by atoms with Crippen LogP contribution >= 0.6 is 23.2 Å². The molecule has 0 atom stereocenters. The Kier molecular flexibility index (Phi) is 4.41. The summed E-state index contributed by atoms with van der Waals surface area (Å²) in [5.74, 6) is -0.457. The summed E-state index contributed by atoms with van der Waals surface area (Å²) in [7, 11) is 0. The van der Waals surface area contributed by atoms with Gasteiger partial charge in [0.25, 0.3) is 5.91 Å². The quantitative estimate of drug-likeness (QED) is 0.675. The maximum atomic E-state index is 11.9. The average molecular weight is 307 g/mol. The molecular formula is C13H8Cl2N4O. The highest BCUT2D eigenvalue weighted by Crippen LogP contribution is 2.18. The molecule has 0 aliphatic carbocycles. The van der Waals surface area contributed by atoms with Crippen LogP contribution in [0.3, 0.4) is 0 Å². The van der Waals surface area contributed by atoms with Gasteiger partial charge in [-0.2, -0.15) is 5.26 Å². The van der Waals surface area contributed by atoms with Crippen LogP contribution in [0, 0.1) is 11.3 Å². The van der Waals surface area contributed by atoms with Gasteiger partial charge in [-0.05, 0) is 24.3 Å². The summed E-state index contributed by atoms with van der Waals surface area (Å²) in [5, 5.41) is 9.19. The van der Waals surface area contributed by atoms with Crippen LogP contribution < -0.4 is 10.9 Å². The number of benzene rings is 1. The van der Waals surface area contributed by atoms with Crippen molar-refractivity contribution in [3.05, 3.63) is 57.8 Å². The van der Waals surface area contributed by atoms with Crippen LogP contribution in [-0.2, 0) is 0 Å². The number of hydrogen-bond donors (Lipinski definition) is 2. The standard InChI is InChI=1S/C13H8Cl2N4O/c14-11-5-12(15)17-7-10(11)13(20)19-18-9-3-1-2-8(4-9)6-16/h1-5,7,18H,(H,19,20). The molecule has 0 saturated heterocycles. The predicted octanol–water partition coefficient (Wildman–Crippen LogP) is 3.02. The van der Waals surface area contributed by atoms with Gasteiger partial charge >= 0.3 is 0 Å². The van der Waals surface area contributed by atoms with E-state index in [-0.39, 0.29) is 15.7 Å². The molecule has 100 valence electrons. The topological polar surface area (TPSA) is 77.8 Å². The van der Waals surface area contributed by atoms with Crippen LogP contribution in [0.4, 0.5) is 5.69 Å². The van der Waals surface area contributed by atoms with Crippen molar-refractivity contribution in [3.63, 3.8) is 0 Å². The van der Waals surface area contributed by atoms with E-state index in [9.17, 15) is 4.79 Å². The Labute approximate surface area is 125 Å². The third-order valence-corrected chi connectivity index (χ3v) is 2.90. The normalized spacial score (nSPS) is 9.65. The van der Waals surface area contributed by atoms with Gasteiger partial charge < -0.3 is 0 Å². The first-order valence-electron chi connectivity index (χ1n) is 5.47. The summed E-state index contributed by atoms with van der Waals surface area (Å²) < 4.78 is 0. The van der Waals surface area contributed by atoms with Gasteiger partial charge in [-0.1, -0.05) is 29.3 Å². The van der Waals surface area contributed by atoms with E-state index < -0.39 is 5.91 Å². The SMILES string of the molecule is N#Cc1cccc(NNC(=O)c2cnc(Cl)cc2Cl)c1. The molecule has 0 bridgehead atoms. The number of anilines is 1. The fourth-order valence-corrected chi connectivity index (χ4v) is 1.89. The van der Waals surface area contributed by atoms with E-state index in [4.69, 9.17) is 28.5 Å². The fraction of sp³-hybridized carbons (Fsp3) is 0. The first-order chi connectivity index (χ1) is 9.60. The molecule has 1 amide bonds. The summed E-state index contributed by atoms with van der Waals surface area (Å²) in [6, 6.07) is 10.1. The lowest BCUT2D eigenvalue weighted by Crippen LogP contribution is -2.29. The van der Waals surface area contributed by atoms with Crippen molar-refractivity contribution in [2.45, 2.75) is 0 Å². The predicted molar refractivity (Wildman–Crippen MR) is 76.5 cm³/mol. The monoisotopic (exact) mass is 306 g/mol. The van der Waals surface area contributed by atoms with Gasteiger partial charge in [0, 0.05) is 6.20 Å². The van der Waals surface area contributed by atoms with Crippen molar-refractivity contribution in [2.75, 3.05) is 5.43 Å². The van der Waals surface area contributed by atoms with E-state index in [1.807, 2.05) is 6.07 Å². The van der Waals surface area contributed by atoms with Gasteiger partial charge in [-0.15, -0.1) is 0 Å². The maximum Gasteiger partial charge on any atom is 0.272 e. The zero-order chi connectivity index (χ0) is 14.5. The molecule has 1 aromatic carbocycles. The highest BCUT2D eigenvalue weighted by molar-refractivity contribution is 6.36. The van der Waals surface area contributed by atoms with E-state index >= 15 is 0 Å². The van der Waals surface area contributed by atoms with Crippen LogP contribution in [-0.4, -0.2) is 10.9 Å². The molecule has 2 aromatic rings. The Balaban J connectivity index is 2.07. The first kappa shape index (κ1) is 14.1. The number of hydrazine groups is 1. The fourth-order valence-electron chi connectivity index (χ4n) is 1.44. The lowest BCUT2D eigenvalue weighted by Gasteiger charge is -2.09. The van der Waals surface area contributed by atoms with Crippen molar-refractivity contribution in [2.24, 2.45) is 0 Å². The highest BCUT2D eigenvalue weighted by atomic mass is 35.5. The second kappa shape index (κ2) is 6.24. The van der Waals surface area contributed by atoms with E-state index in [1.165, 1.54) is 12.3 Å². The minimum absolute atomic E-state index is 0.194. The molecule has 5 nitrogen and oxygen atoms in total. The van der Waals surface area contributed by atoms with Crippen molar-refractivity contribution in [3.8, 4) is 6.07 Å². The van der Waals surface area contributed by atoms with Crippen LogP contribution in [0.2, 0.25) is 10.2 Å². The Morgan fingerprint density at radius 3 is 2.80 bits per heavy atom. The molecule has 20 heavy (non-hydrogen) atoms. The van der Waals surface area contributed by atoms with E-state index in [2.05, 4.69) is 15.8 Å². The maximum absolute atomic E-state index is 11.9. The molecule has 0 fully saturated rings. The Hall–Kier alpha value is -2.29. The van der Waals surface area contributed by atoms with Crippen molar-refractivity contribution in [1.82, 2.24) is 10.4 Å². The number of aromatic nitrogens is 1. The molecule has 0 spiro atoms. The summed E-state index contributed by atoms with van der Waals surface area (Å²) in [5.41, 5.74) is 6.41. The number of nitrogens with zero attached hydrogens (tertiary/aromatic N) is 2. The second-order valence-electron chi connectivity index (χ2n) is 3.76. The van der Waals surface area contributed by atoms with Gasteiger partial charge in [0.2, 0.25) is 0 Å². The minimum Gasteiger partial charge on any atom is -0.298 e. The zero-order valence-electron chi connectivity index (χ0n) is 10.0. The van der Waals surface area contributed by atoms with Crippen LogP contribution in [0.15, 0.2) is 36.5 Å². The molecule has 0 aliphatic rings. The Morgan fingerprint density at radius 1 is 1.30 bits per heavy atom. The molecular weight excluding hydrogens is 299 g/mol. The van der Waals surface area contributed by atoms with Crippen LogP contribution in [0.1, 0.15) is 15.9 Å². The van der Waals surface area contributed by atoms with Crippen molar-refractivity contribution >= 4 is 34.8 Å². The number of amides is 1. The Morgan fingerprint density at radius 2 is 2.10 bits per heavy atom. The van der Waals surface area contributed by atoms with Crippen LogP contribution in [0.25, 0.3) is 0 Å². The van der Waals surface area contributed by atoms with Gasteiger partial charge in [-0.25, -0.2) is 4.98 Å². The Bertz CT molecular complexity index is 697. The molecule has 7 heteroatoms. The number of nitrogens with one attached hydrogen (secondary N) is 2. The number of pyridine rings is 1. The number of carbonyl (C=O) groups is 1. The summed E-state index contributed by atoms with van der Waals surface area (Å²) >= 11 is 11.6. The number of rotatable bonds is 3. The number of hydrogen-bond acceptors (Lipinski definition) is 4. The molecule has 2 N–H and O–H groups in total. The summed E-state index contributed by atoms with van der Waals surface area (Å²) in [6.07, 6.45) is 1.29. The molecule has 0 unspecified atom stereocenters. The lowest BCUT2D eigenvalue weighted by molar-refractivity contribution is 0.0962. The third kappa shape index (κ3) is 3.38. The second-order valence-corrected chi connectivity index (χ2v) is 4.55. The number of carbonyl (C=O) groups excluding carboxylic acids is 1. The van der Waals surface area contributed by atoms with Crippen molar-refractivity contribution in [1.29, 1.82) is 5.26 Å². The van der Waals surface area contributed by atoms with Gasteiger partial charge in [0.05, 0.1) is 27.9 Å². The summed E-state index contributed by atoms with van der Waals surface area (Å²) in [4.78, 5) is 15.7. The van der Waals surface area contributed by atoms with E-state index in [1.54, 1.807) is 24.3 Å².